The standard InChI is InChI=1S/C13H14N4OS/c1-2-9-5-15-11-10(9)16-13(14)17(12(11)18)6-8-3-4-19-7-8/h3-5,7,15H,2,6H2,1H3,(H2,14,16). The van der Waals surface area contributed by atoms with Gasteiger partial charge in [0.1, 0.15) is 11.0 Å². The highest BCUT2D eigenvalue weighted by atomic mass is 32.1. The summed E-state index contributed by atoms with van der Waals surface area (Å²) in [6.45, 7) is 2.48. The third-order valence-corrected chi connectivity index (χ3v) is 3.93. The van der Waals surface area contributed by atoms with E-state index in [1.54, 1.807) is 11.3 Å². The van der Waals surface area contributed by atoms with Crippen LogP contribution >= 0.6 is 11.3 Å². The molecule has 0 fully saturated rings. The second-order valence-electron chi connectivity index (χ2n) is 4.38. The minimum Gasteiger partial charge on any atom is -0.369 e. The van der Waals surface area contributed by atoms with Crippen LogP contribution in [0, 0.1) is 0 Å². The number of fused-ring (bicyclic) bond motifs is 1. The maximum Gasteiger partial charge on any atom is 0.279 e. The van der Waals surface area contributed by atoms with E-state index >= 15 is 0 Å². The summed E-state index contributed by atoms with van der Waals surface area (Å²) in [5.41, 5.74) is 9.10. The van der Waals surface area contributed by atoms with Gasteiger partial charge in [-0.15, -0.1) is 0 Å². The lowest BCUT2D eigenvalue weighted by atomic mass is 10.2. The van der Waals surface area contributed by atoms with Crippen LogP contribution in [0.5, 0.6) is 0 Å². The number of aromatic amines is 1. The molecule has 98 valence electrons. The molecule has 0 aliphatic carbocycles. The van der Waals surface area contributed by atoms with Gasteiger partial charge in [-0.2, -0.15) is 11.3 Å². The molecular formula is C13H14N4OS. The number of nitrogen functional groups attached to an aromatic ring is 1. The van der Waals surface area contributed by atoms with Gasteiger partial charge in [0.25, 0.3) is 5.56 Å². The van der Waals surface area contributed by atoms with Crippen molar-refractivity contribution in [3.8, 4) is 0 Å². The summed E-state index contributed by atoms with van der Waals surface area (Å²) in [5, 5.41) is 3.98. The topological polar surface area (TPSA) is 76.7 Å². The van der Waals surface area contributed by atoms with E-state index in [9.17, 15) is 4.79 Å². The molecule has 0 spiro atoms. The maximum atomic E-state index is 12.4. The maximum absolute atomic E-state index is 12.4. The zero-order valence-electron chi connectivity index (χ0n) is 10.5. The van der Waals surface area contributed by atoms with Gasteiger partial charge in [-0.25, -0.2) is 4.98 Å². The van der Waals surface area contributed by atoms with Crippen molar-refractivity contribution >= 4 is 28.3 Å². The summed E-state index contributed by atoms with van der Waals surface area (Å²) in [6.07, 6.45) is 2.65. The molecule has 19 heavy (non-hydrogen) atoms. The third kappa shape index (κ3) is 1.94. The first-order chi connectivity index (χ1) is 9.20. The quantitative estimate of drug-likeness (QED) is 0.766. The number of hydrogen-bond acceptors (Lipinski definition) is 4. The number of nitrogens with two attached hydrogens (primary N) is 1. The number of nitrogens with one attached hydrogen (secondary N) is 1. The molecule has 3 rings (SSSR count). The molecule has 0 bridgehead atoms. The predicted molar refractivity (Wildman–Crippen MR) is 77.6 cm³/mol. The van der Waals surface area contributed by atoms with Crippen LogP contribution in [-0.4, -0.2) is 14.5 Å². The Labute approximate surface area is 113 Å². The van der Waals surface area contributed by atoms with Crippen molar-refractivity contribution in [2.24, 2.45) is 0 Å². The highest BCUT2D eigenvalue weighted by molar-refractivity contribution is 7.07. The normalized spacial score (nSPS) is 11.2. The lowest BCUT2D eigenvalue weighted by molar-refractivity contribution is 0.764. The number of aryl methyl sites for hydroxylation is 1. The van der Waals surface area contributed by atoms with Crippen LogP contribution in [0.1, 0.15) is 18.1 Å². The summed E-state index contributed by atoms with van der Waals surface area (Å²) >= 11 is 1.60. The molecule has 3 aromatic heterocycles. The molecule has 0 saturated heterocycles. The van der Waals surface area contributed by atoms with E-state index in [0.717, 1.165) is 17.5 Å². The number of anilines is 1. The molecule has 5 nitrogen and oxygen atoms in total. The van der Waals surface area contributed by atoms with Gasteiger partial charge in [0, 0.05) is 6.20 Å². The lowest BCUT2D eigenvalue weighted by Crippen LogP contribution is -2.25. The molecule has 3 aromatic rings. The summed E-state index contributed by atoms with van der Waals surface area (Å²) < 4.78 is 1.50. The fourth-order valence-electron chi connectivity index (χ4n) is 2.15. The fourth-order valence-corrected chi connectivity index (χ4v) is 2.81. The van der Waals surface area contributed by atoms with Gasteiger partial charge >= 0.3 is 0 Å². The van der Waals surface area contributed by atoms with E-state index in [4.69, 9.17) is 5.73 Å². The van der Waals surface area contributed by atoms with Crippen LogP contribution in [0.3, 0.4) is 0 Å². The molecule has 0 aliphatic heterocycles. The zero-order valence-corrected chi connectivity index (χ0v) is 11.3. The monoisotopic (exact) mass is 274 g/mol. The van der Waals surface area contributed by atoms with Crippen LogP contribution < -0.4 is 11.3 Å². The van der Waals surface area contributed by atoms with Gasteiger partial charge in [-0.05, 0) is 34.4 Å². The van der Waals surface area contributed by atoms with E-state index in [1.807, 2.05) is 29.9 Å². The first-order valence-electron chi connectivity index (χ1n) is 6.08. The van der Waals surface area contributed by atoms with Crippen molar-refractivity contribution in [3.05, 3.63) is 44.5 Å². The molecule has 0 aromatic carbocycles. The zero-order chi connectivity index (χ0) is 13.4. The Morgan fingerprint density at radius 1 is 1.53 bits per heavy atom. The Morgan fingerprint density at radius 2 is 2.37 bits per heavy atom. The van der Waals surface area contributed by atoms with Crippen molar-refractivity contribution in [3.63, 3.8) is 0 Å². The van der Waals surface area contributed by atoms with Gasteiger partial charge in [-0.1, -0.05) is 6.92 Å². The fraction of sp³-hybridized carbons (Fsp3) is 0.231. The molecule has 6 heteroatoms. The largest absolute Gasteiger partial charge is 0.369 e. The van der Waals surface area contributed by atoms with E-state index in [1.165, 1.54) is 4.57 Å². The third-order valence-electron chi connectivity index (χ3n) is 3.20. The van der Waals surface area contributed by atoms with Gasteiger partial charge in [0.15, 0.2) is 0 Å². The SMILES string of the molecule is CCc1c[nH]c2c(=O)n(Cc3ccsc3)c(N)nc12. The smallest absolute Gasteiger partial charge is 0.279 e. The molecule has 0 amide bonds. The molecule has 3 heterocycles. The average Bonchev–Trinajstić information content (AvgIpc) is 3.03. The molecular weight excluding hydrogens is 260 g/mol. The number of H-pyrrole nitrogens is 1. The van der Waals surface area contributed by atoms with Crippen molar-refractivity contribution in [1.29, 1.82) is 0 Å². The molecule has 0 aliphatic rings. The number of nitrogens with zero attached hydrogens (tertiary/aromatic N) is 2. The minimum atomic E-state index is -0.117. The highest BCUT2D eigenvalue weighted by Crippen LogP contribution is 2.16. The number of rotatable bonds is 3. The van der Waals surface area contributed by atoms with Crippen molar-refractivity contribution < 1.29 is 0 Å². The van der Waals surface area contributed by atoms with Crippen LogP contribution in [0.2, 0.25) is 0 Å². The van der Waals surface area contributed by atoms with E-state index in [2.05, 4.69) is 9.97 Å². The van der Waals surface area contributed by atoms with E-state index in [0.29, 0.717) is 17.6 Å². The summed E-state index contributed by atoms with van der Waals surface area (Å²) in [6, 6.07) is 1.98. The number of thiophene rings is 1. The number of aromatic nitrogens is 3. The first-order valence-corrected chi connectivity index (χ1v) is 7.02. The van der Waals surface area contributed by atoms with Gasteiger partial charge in [0.05, 0.1) is 6.54 Å². The van der Waals surface area contributed by atoms with Gasteiger partial charge in [-0.3, -0.25) is 9.36 Å². The van der Waals surface area contributed by atoms with E-state index < -0.39 is 0 Å². The Balaban J connectivity index is 2.18. The minimum absolute atomic E-state index is 0.117. The van der Waals surface area contributed by atoms with Crippen LogP contribution in [0.4, 0.5) is 5.95 Å². The summed E-state index contributed by atoms with van der Waals surface area (Å²) in [5.74, 6) is 0.262. The Morgan fingerprint density at radius 3 is 3.05 bits per heavy atom. The lowest BCUT2D eigenvalue weighted by Gasteiger charge is -2.08. The molecule has 0 atom stereocenters. The molecule has 0 unspecified atom stereocenters. The Kier molecular flexibility index (Phi) is 2.87. The van der Waals surface area contributed by atoms with Crippen LogP contribution in [0.25, 0.3) is 11.0 Å². The van der Waals surface area contributed by atoms with Crippen molar-refractivity contribution in [1.82, 2.24) is 14.5 Å². The van der Waals surface area contributed by atoms with Crippen molar-refractivity contribution in [2.75, 3.05) is 5.73 Å². The summed E-state index contributed by atoms with van der Waals surface area (Å²) in [4.78, 5) is 19.8. The van der Waals surface area contributed by atoms with Crippen molar-refractivity contribution in [2.45, 2.75) is 19.9 Å². The molecule has 0 saturated carbocycles. The second kappa shape index (κ2) is 4.55. The Bertz CT molecular complexity index is 770. The molecule has 0 radical (unpaired) electrons. The first kappa shape index (κ1) is 12.0. The average molecular weight is 274 g/mol. The van der Waals surface area contributed by atoms with Crippen LogP contribution in [0.15, 0.2) is 27.8 Å². The molecule has 3 N–H and O–H groups in total. The van der Waals surface area contributed by atoms with Crippen LogP contribution in [-0.2, 0) is 13.0 Å². The van der Waals surface area contributed by atoms with Gasteiger partial charge in [0.2, 0.25) is 5.95 Å². The Hall–Kier alpha value is -2.08. The number of hydrogen-bond donors (Lipinski definition) is 2. The predicted octanol–water partition coefficient (Wildman–Crippen LogP) is 1.98. The van der Waals surface area contributed by atoms with Gasteiger partial charge < -0.3 is 10.7 Å². The highest BCUT2D eigenvalue weighted by Gasteiger charge is 2.13. The van der Waals surface area contributed by atoms with E-state index in [-0.39, 0.29) is 11.5 Å². The summed E-state index contributed by atoms with van der Waals surface area (Å²) in [7, 11) is 0. The second-order valence-corrected chi connectivity index (χ2v) is 5.16.